The number of nitrogens with zero attached hydrogens (tertiary/aromatic N) is 2. The highest BCUT2D eigenvalue weighted by Crippen LogP contribution is 2.24. The molecular weight excluding hydrogens is 388 g/mol. The number of ether oxygens (including phenoxy) is 1. The zero-order chi connectivity index (χ0) is 20.6. The van der Waals surface area contributed by atoms with Gasteiger partial charge in [0.2, 0.25) is 5.91 Å². The first-order chi connectivity index (χ1) is 14.0. The lowest BCUT2D eigenvalue weighted by molar-refractivity contribution is -0.118. The monoisotopic (exact) mass is 410 g/mol. The second-order valence-corrected chi connectivity index (χ2v) is 7.18. The number of hydrogen-bond donors (Lipinski definition) is 2. The van der Waals surface area contributed by atoms with Crippen LogP contribution in [0.5, 0.6) is 5.75 Å². The van der Waals surface area contributed by atoms with Crippen molar-refractivity contribution >= 4 is 34.0 Å². The molecule has 150 valence electrons. The molecule has 1 heterocycles. The van der Waals surface area contributed by atoms with E-state index in [0.717, 1.165) is 17.0 Å². The van der Waals surface area contributed by atoms with Gasteiger partial charge in [0, 0.05) is 30.6 Å². The fraction of sp³-hybridized carbons (Fsp3) is 0.190. The average Bonchev–Trinajstić information content (AvgIpc) is 3.20. The molecule has 2 aromatic carbocycles. The molecule has 0 aliphatic heterocycles. The number of thiazole rings is 1. The van der Waals surface area contributed by atoms with Crippen molar-refractivity contribution in [2.45, 2.75) is 13.0 Å². The summed E-state index contributed by atoms with van der Waals surface area (Å²) >= 11 is 1.34. The molecule has 8 heteroatoms. The predicted molar refractivity (Wildman–Crippen MR) is 113 cm³/mol. The number of nitrogens with one attached hydrogen (secondary N) is 1. The minimum Gasteiger partial charge on any atom is -0.497 e. The molecule has 0 aliphatic rings. The number of nitrogens with two attached hydrogens (primary N) is 1. The van der Waals surface area contributed by atoms with Gasteiger partial charge in [-0.2, -0.15) is 0 Å². The first-order valence-electron chi connectivity index (χ1n) is 9.03. The number of rotatable bonds is 9. The van der Waals surface area contributed by atoms with E-state index < -0.39 is 5.91 Å². The van der Waals surface area contributed by atoms with Gasteiger partial charge in [0.1, 0.15) is 11.4 Å². The third-order valence-electron chi connectivity index (χ3n) is 4.20. The van der Waals surface area contributed by atoms with E-state index in [4.69, 9.17) is 10.5 Å². The van der Waals surface area contributed by atoms with Crippen LogP contribution in [0.25, 0.3) is 0 Å². The molecule has 0 unspecified atom stereocenters. The Morgan fingerprint density at radius 1 is 1.14 bits per heavy atom. The third kappa shape index (κ3) is 5.79. The SMILES string of the molecule is COc1ccc(Nc2nc(C(=O)N(CCC(N)=O)Cc3ccccc3)cs2)cc1. The Kier molecular flexibility index (Phi) is 6.80. The van der Waals surface area contributed by atoms with Gasteiger partial charge in [-0.05, 0) is 29.8 Å². The zero-order valence-electron chi connectivity index (χ0n) is 16.0. The normalized spacial score (nSPS) is 10.4. The van der Waals surface area contributed by atoms with Crippen molar-refractivity contribution in [3.63, 3.8) is 0 Å². The van der Waals surface area contributed by atoms with Crippen LogP contribution in [0.15, 0.2) is 60.0 Å². The van der Waals surface area contributed by atoms with Crippen molar-refractivity contribution in [1.82, 2.24) is 9.88 Å². The van der Waals surface area contributed by atoms with Crippen molar-refractivity contribution in [3.8, 4) is 5.75 Å². The number of carbonyl (C=O) groups is 2. The maximum atomic E-state index is 13.0. The summed E-state index contributed by atoms with van der Waals surface area (Å²) < 4.78 is 5.15. The van der Waals surface area contributed by atoms with Gasteiger partial charge in [-0.15, -0.1) is 11.3 Å². The first kappa shape index (κ1) is 20.3. The van der Waals surface area contributed by atoms with Crippen LogP contribution in [-0.4, -0.2) is 35.4 Å². The summed E-state index contributed by atoms with van der Waals surface area (Å²) in [4.78, 5) is 30.2. The Bertz CT molecular complexity index is 958. The van der Waals surface area contributed by atoms with Gasteiger partial charge in [-0.25, -0.2) is 4.98 Å². The quantitative estimate of drug-likeness (QED) is 0.563. The molecule has 0 fully saturated rings. The third-order valence-corrected chi connectivity index (χ3v) is 4.95. The van der Waals surface area contributed by atoms with Crippen LogP contribution >= 0.6 is 11.3 Å². The van der Waals surface area contributed by atoms with Crippen molar-refractivity contribution < 1.29 is 14.3 Å². The van der Waals surface area contributed by atoms with E-state index in [1.165, 1.54) is 11.3 Å². The van der Waals surface area contributed by atoms with Crippen LogP contribution in [0.1, 0.15) is 22.5 Å². The fourth-order valence-corrected chi connectivity index (χ4v) is 3.40. The number of benzene rings is 2. The van der Waals surface area contributed by atoms with Gasteiger partial charge >= 0.3 is 0 Å². The van der Waals surface area contributed by atoms with Gasteiger partial charge in [-0.3, -0.25) is 9.59 Å². The van der Waals surface area contributed by atoms with Crippen molar-refractivity contribution in [3.05, 3.63) is 71.2 Å². The minimum absolute atomic E-state index is 0.0969. The molecule has 3 aromatic rings. The van der Waals surface area contributed by atoms with Gasteiger partial charge in [-0.1, -0.05) is 30.3 Å². The Hall–Kier alpha value is -3.39. The number of aromatic nitrogens is 1. The lowest BCUT2D eigenvalue weighted by Gasteiger charge is -2.21. The second kappa shape index (κ2) is 9.70. The molecule has 0 saturated carbocycles. The van der Waals surface area contributed by atoms with Gasteiger partial charge in [0.15, 0.2) is 5.13 Å². The zero-order valence-corrected chi connectivity index (χ0v) is 16.8. The van der Waals surface area contributed by atoms with Crippen LogP contribution < -0.4 is 15.8 Å². The summed E-state index contributed by atoms with van der Waals surface area (Å²) in [6.45, 7) is 0.619. The molecule has 0 bridgehead atoms. The van der Waals surface area contributed by atoms with Crippen LogP contribution in [0.4, 0.5) is 10.8 Å². The largest absolute Gasteiger partial charge is 0.497 e. The molecule has 3 rings (SSSR count). The molecule has 2 amide bonds. The maximum absolute atomic E-state index is 13.0. The summed E-state index contributed by atoms with van der Waals surface area (Å²) in [5.74, 6) is 0.0710. The summed E-state index contributed by atoms with van der Waals surface area (Å²) in [6.07, 6.45) is 0.0969. The highest BCUT2D eigenvalue weighted by molar-refractivity contribution is 7.14. The van der Waals surface area contributed by atoms with Gasteiger partial charge < -0.3 is 20.7 Å². The van der Waals surface area contributed by atoms with Crippen LogP contribution in [0, 0.1) is 0 Å². The smallest absolute Gasteiger partial charge is 0.273 e. The topological polar surface area (TPSA) is 97.6 Å². The molecule has 0 aliphatic carbocycles. The Morgan fingerprint density at radius 3 is 2.52 bits per heavy atom. The molecule has 1 aromatic heterocycles. The summed E-state index contributed by atoms with van der Waals surface area (Å²) in [7, 11) is 1.61. The molecular formula is C21H22N4O3S. The number of primary amides is 1. The first-order valence-corrected chi connectivity index (χ1v) is 9.91. The number of methoxy groups -OCH3 is 1. The van der Waals surface area contributed by atoms with Crippen LogP contribution in [0.3, 0.4) is 0 Å². The Balaban J connectivity index is 1.72. The Morgan fingerprint density at radius 2 is 1.86 bits per heavy atom. The number of amides is 2. The lowest BCUT2D eigenvalue weighted by atomic mass is 10.2. The molecule has 0 saturated heterocycles. The fourth-order valence-electron chi connectivity index (χ4n) is 2.69. The molecule has 0 radical (unpaired) electrons. The van der Waals surface area contributed by atoms with E-state index in [9.17, 15) is 9.59 Å². The summed E-state index contributed by atoms with van der Waals surface area (Å²) in [6, 6.07) is 17.0. The number of carbonyl (C=O) groups excluding carboxylic acids is 2. The van der Waals surface area contributed by atoms with Gasteiger partial charge in [0.05, 0.1) is 7.11 Å². The minimum atomic E-state index is -0.448. The summed E-state index contributed by atoms with van der Waals surface area (Å²) in [5, 5.41) is 5.49. The van der Waals surface area contributed by atoms with E-state index in [0.29, 0.717) is 17.4 Å². The van der Waals surface area contributed by atoms with Crippen molar-refractivity contribution in [2.24, 2.45) is 5.73 Å². The Labute approximate surface area is 173 Å². The summed E-state index contributed by atoms with van der Waals surface area (Å²) in [5.41, 5.74) is 7.41. The van der Waals surface area contributed by atoms with E-state index >= 15 is 0 Å². The van der Waals surface area contributed by atoms with E-state index in [1.807, 2.05) is 54.6 Å². The molecule has 0 atom stereocenters. The molecule has 29 heavy (non-hydrogen) atoms. The maximum Gasteiger partial charge on any atom is 0.273 e. The predicted octanol–water partition coefficient (Wildman–Crippen LogP) is 3.41. The van der Waals surface area contributed by atoms with Crippen molar-refractivity contribution in [1.29, 1.82) is 0 Å². The molecule has 7 nitrogen and oxygen atoms in total. The standard InChI is InChI=1S/C21H22N4O3S/c1-28-17-9-7-16(8-10-17)23-21-24-18(14-29-21)20(27)25(12-11-19(22)26)13-15-5-3-2-4-6-15/h2-10,14H,11-13H2,1H3,(H2,22,26)(H,23,24). The van der Waals surface area contributed by atoms with Gasteiger partial charge in [0.25, 0.3) is 5.91 Å². The lowest BCUT2D eigenvalue weighted by Crippen LogP contribution is -2.33. The van der Waals surface area contributed by atoms with Crippen molar-refractivity contribution in [2.75, 3.05) is 19.0 Å². The highest BCUT2D eigenvalue weighted by atomic mass is 32.1. The molecule has 3 N–H and O–H groups in total. The number of hydrogen-bond acceptors (Lipinski definition) is 6. The van der Waals surface area contributed by atoms with Crippen LogP contribution in [0.2, 0.25) is 0 Å². The second-order valence-electron chi connectivity index (χ2n) is 6.32. The van der Waals surface area contributed by atoms with E-state index in [2.05, 4.69) is 10.3 Å². The average molecular weight is 410 g/mol. The number of anilines is 2. The van der Waals surface area contributed by atoms with Crippen LogP contribution in [-0.2, 0) is 11.3 Å². The van der Waals surface area contributed by atoms with E-state index in [1.54, 1.807) is 17.4 Å². The van der Waals surface area contributed by atoms with E-state index in [-0.39, 0.29) is 18.9 Å². The molecule has 0 spiro atoms. The highest BCUT2D eigenvalue weighted by Gasteiger charge is 2.20.